The molecular weight excluding hydrogens is 262 g/mol. The molecule has 0 fully saturated rings. The van der Waals surface area contributed by atoms with Crippen LogP contribution in [0, 0.1) is 0 Å². The van der Waals surface area contributed by atoms with E-state index in [-0.39, 0.29) is 12.4 Å². The summed E-state index contributed by atoms with van der Waals surface area (Å²) in [6.45, 7) is 4.02. The number of fused-ring (bicyclic) bond motifs is 1. The number of benzene rings is 1. The second-order valence-electron chi connectivity index (χ2n) is 3.93. The van der Waals surface area contributed by atoms with Gasteiger partial charge in [0, 0.05) is 17.1 Å². The number of furan rings is 1. The zero-order valence-electron chi connectivity index (χ0n) is 11.3. The fourth-order valence-electron chi connectivity index (χ4n) is 1.70. The van der Waals surface area contributed by atoms with Gasteiger partial charge in [0.25, 0.3) is 0 Å². The normalized spacial score (nSPS) is 10.3. The second-order valence-corrected chi connectivity index (χ2v) is 3.93. The summed E-state index contributed by atoms with van der Waals surface area (Å²) < 4.78 is 15.0. The first-order valence-corrected chi connectivity index (χ1v) is 6.28. The number of anilines is 1. The van der Waals surface area contributed by atoms with Gasteiger partial charge in [-0.15, -0.1) is 0 Å². The lowest BCUT2D eigenvalue weighted by molar-refractivity contribution is 0.0492. The van der Waals surface area contributed by atoms with Gasteiger partial charge in [-0.1, -0.05) is 0 Å². The molecule has 0 bridgehead atoms. The molecule has 6 heteroatoms. The largest absolute Gasteiger partial charge is 0.460 e. The number of ether oxygens (including phenoxy) is 2. The molecule has 20 heavy (non-hydrogen) atoms. The third kappa shape index (κ3) is 3.09. The molecule has 0 unspecified atom stereocenters. The molecule has 2 rings (SSSR count). The average molecular weight is 277 g/mol. The Morgan fingerprint density at radius 2 is 1.90 bits per heavy atom. The van der Waals surface area contributed by atoms with E-state index in [0.29, 0.717) is 17.9 Å². The number of hydrogen-bond donors (Lipinski definition) is 1. The molecule has 0 aliphatic heterocycles. The highest BCUT2D eigenvalue weighted by Gasteiger charge is 2.13. The zero-order valence-corrected chi connectivity index (χ0v) is 11.3. The summed E-state index contributed by atoms with van der Waals surface area (Å²) in [7, 11) is 0. The van der Waals surface area contributed by atoms with Crippen LogP contribution in [0.25, 0.3) is 11.0 Å². The SMILES string of the molecule is CCOC(=O)Nc1ccc2cc(C(=O)OCC)oc2c1. The highest BCUT2D eigenvalue weighted by Crippen LogP contribution is 2.23. The van der Waals surface area contributed by atoms with Crippen LogP contribution in [0.1, 0.15) is 24.4 Å². The van der Waals surface area contributed by atoms with E-state index in [1.807, 2.05) is 0 Å². The van der Waals surface area contributed by atoms with E-state index in [0.717, 1.165) is 5.39 Å². The Kier molecular flexibility index (Phi) is 4.24. The molecule has 0 saturated carbocycles. The molecule has 0 spiro atoms. The molecule has 1 heterocycles. The summed E-state index contributed by atoms with van der Waals surface area (Å²) in [4.78, 5) is 22.9. The summed E-state index contributed by atoms with van der Waals surface area (Å²) in [5, 5.41) is 3.31. The Morgan fingerprint density at radius 3 is 2.60 bits per heavy atom. The monoisotopic (exact) mass is 277 g/mol. The van der Waals surface area contributed by atoms with Crippen molar-refractivity contribution in [3.8, 4) is 0 Å². The van der Waals surface area contributed by atoms with Crippen molar-refractivity contribution in [1.82, 2.24) is 0 Å². The van der Waals surface area contributed by atoms with Crippen molar-refractivity contribution >= 4 is 28.7 Å². The first-order chi connectivity index (χ1) is 9.63. The molecule has 1 N–H and O–H groups in total. The number of nitrogens with one attached hydrogen (secondary N) is 1. The van der Waals surface area contributed by atoms with Crippen LogP contribution in [0.4, 0.5) is 10.5 Å². The Morgan fingerprint density at radius 1 is 1.15 bits per heavy atom. The fourth-order valence-corrected chi connectivity index (χ4v) is 1.70. The molecule has 106 valence electrons. The molecule has 2 aromatic rings. The summed E-state index contributed by atoms with van der Waals surface area (Å²) in [6.07, 6.45) is -0.538. The molecule has 1 aromatic carbocycles. The van der Waals surface area contributed by atoms with Crippen LogP contribution in [0.3, 0.4) is 0 Å². The minimum Gasteiger partial charge on any atom is -0.460 e. The Balaban J connectivity index is 2.21. The molecule has 0 saturated heterocycles. The number of hydrogen-bond acceptors (Lipinski definition) is 5. The molecular formula is C14H15NO5. The van der Waals surface area contributed by atoms with Gasteiger partial charge in [0.05, 0.1) is 13.2 Å². The number of esters is 1. The van der Waals surface area contributed by atoms with Crippen LogP contribution in [0.2, 0.25) is 0 Å². The van der Waals surface area contributed by atoms with Gasteiger partial charge in [0.15, 0.2) is 0 Å². The summed E-state index contributed by atoms with van der Waals surface area (Å²) in [6, 6.07) is 6.66. The topological polar surface area (TPSA) is 77.8 Å². The predicted octanol–water partition coefficient (Wildman–Crippen LogP) is 3.18. The molecule has 0 atom stereocenters. The smallest absolute Gasteiger partial charge is 0.411 e. The lowest BCUT2D eigenvalue weighted by atomic mass is 10.2. The summed E-state index contributed by atoms with van der Waals surface area (Å²) in [5.41, 5.74) is 1.02. The minimum absolute atomic E-state index is 0.134. The van der Waals surface area contributed by atoms with Crippen LogP contribution in [-0.2, 0) is 9.47 Å². The quantitative estimate of drug-likeness (QED) is 0.868. The highest BCUT2D eigenvalue weighted by molar-refractivity contribution is 5.94. The molecule has 0 radical (unpaired) electrons. The van der Waals surface area contributed by atoms with E-state index in [2.05, 4.69) is 5.32 Å². The van der Waals surface area contributed by atoms with Crippen LogP contribution < -0.4 is 5.32 Å². The van der Waals surface area contributed by atoms with E-state index in [1.54, 1.807) is 38.1 Å². The van der Waals surface area contributed by atoms with Crippen molar-refractivity contribution in [2.24, 2.45) is 0 Å². The molecule has 0 aliphatic rings. The maximum atomic E-state index is 11.6. The van der Waals surface area contributed by atoms with E-state index in [4.69, 9.17) is 13.9 Å². The maximum absolute atomic E-state index is 11.6. The van der Waals surface area contributed by atoms with Gasteiger partial charge in [-0.2, -0.15) is 0 Å². The third-order valence-corrected chi connectivity index (χ3v) is 2.52. The van der Waals surface area contributed by atoms with Gasteiger partial charge >= 0.3 is 12.1 Å². The Hall–Kier alpha value is -2.50. The van der Waals surface area contributed by atoms with Crippen molar-refractivity contribution in [2.75, 3.05) is 18.5 Å². The van der Waals surface area contributed by atoms with E-state index < -0.39 is 12.1 Å². The minimum atomic E-state index is -0.538. The van der Waals surface area contributed by atoms with Crippen molar-refractivity contribution < 1.29 is 23.5 Å². The van der Waals surface area contributed by atoms with Gasteiger partial charge < -0.3 is 13.9 Å². The van der Waals surface area contributed by atoms with Crippen LogP contribution >= 0.6 is 0 Å². The standard InChI is InChI=1S/C14H15NO5/c1-3-18-13(16)12-7-9-5-6-10(8-11(9)20-12)15-14(17)19-4-2/h5-8H,3-4H2,1-2H3,(H,15,17). The van der Waals surface area contributed by atoms with Crippen LogP contribution in [-0.4, -0.2) is 25.3 Å². The number of carbonyl (C=O) groups excluding carboxylic acids is 2. The van der Waals surface area contributed by atoms with Gasteiger partial charge in [0.2, 0.25) is 5.76 Å². The van der Waals surface area contributed by atoms with Crippen molar-refractivity contribution in [1.29, 1.82) is 0 Å². The van der Waals surface area contributed by atoms with E-state index >= 15 is 0 Å². The van der Waals surface area contributed by atoms with E-state index in [9.17, 15) is 9.59 Å². The molecule has 0 aliphatic carbocycles. The maximum Gasteiger partial charge on any atom is 0.411 e. The molecule has 1 aromatic heterocycles. The third-order valence-electron chi connectivity index (χ3n) is 2.52. The number of carbonyl (C=O) groups is 2. The molecule has 6 nitrogen and oxygen atoms in total. The summed E-state index contributed by atoms with van der Waals surface area (Å²) >= 11 is 0. The summed E-state index contributed by atoms with van der Waals surface area (Å²) in [5.74, 6) is -0.376. The average Bonchev–Trinajstić information content (AvgIpc) is 2.82. The van der Waals surface area contributed by atoms with Gasteiger partial charge in [0.1, 0.15) is 5.58 Å². The lowest BCUT2D eigenvalue weighted by Crippen LogP contribution is -2.12. The Labute approximate surface area is 115 Å². The van der Waals surface area contributed by atoms with E-state index in [1.165, 1.54) is 0 Å². The van der Waals surface area contributed by atoms with Crippen molar-refractivity contribution in [3.63, 3.8) is 0 Å². The van der Waals surface area contributed by atoms with Crippen LogP contribution in [0.15, 0.2) is 28.7 Å². The van der Waals surface area contributed by atoms with Crippen molar-refractivity contribution in [2.45, 2.75) is 13.8 Å². The van der Waals surface area contributed by atoms with Gasteiger partial charge in [-0.25, -0.2) is 9.59 Å². The first kappa shape index (κ1) is 13.9. The number of amides is 1. The zero-order chi connectivity index (χ0) is 14.5. The second kappa shape index (κ2) is 6.10. The molecule has 1 amide bonds. The van der Waals surface area contributed by atoms with Crippen molar-refractivity contribution in [3.05, 3.63) is 30.0 Å². The fraction of sp³-hybridized carbons (Fsp3) is 0.286. The number of rotatable bonds is 4. The van der Waals surface area contributed by atoms with Gasteiger partial charge in [-0.3, -0.25) is 5.32 Å². The highest BCUT2D eigenvalue weighted by atomic mass is 16.5. The first-order valence-electron chi connectivity index (χ1n) is 6.28. The lowest BCUT2D eigenvalue weighted by Gasteiger charge is -2.04. The van der Waals surface area contributed by atoms with Crippen LogP contribution in [0.5, 0.6) is 0 Å². The Bertz CT molecular complexity index is 632. The van der Waals surface area contributed by atoms with Gasteiger partial charge in [-0.05, 0) is 32.0 Å². The predicted molar refractivity (Wildman–Crippen MR) is 72.8 cm³/mol.